The van der Waals surface area contributed by atoms with E-state index in [0.29, 0.717) is 35.0 Å². The number of nitrogens with two attached hydrogens (primary N) is 1. The zero-order chi connectivity index (χ0) is 25.9. The highest BCUT2D eigenvalue weighted by Crippen LogP contribution is 2.43. The van der Waals surface area contributed by atoms with Crippen LogP contribution in [0.3, 0.4) is 0 Å². The van der Waals surface area contributed by atoms with Gasteiger partial charge in [-0.05, 0) is 46.9 Å². The maximum absolute atomic E-state index is 12.7. The first kappa shape index (κ1) is 24.6. The lowest BCUT2D eigenvalue weighted by atomic mass is 9.81. The van der Waals surface area contributed by atoms with Crippen molar-refractivity contribution < 1.29 is 19.0 Å². The fourth-order valence-electron chi connectivity index (χ4n) is 4.03. The largest absolute Gasteiger partial charge is 0.490 e. The number of rotatable bonds is 6. The van der Waals surface area contributed by atoms with E-state index in [1.807, 2.05) is 12.1 Å². The fraction of sp³-hybridized carbons (Fsp3) is 0.200. The Kier molecular flexibility index (Phi) is 6.84. The molecule has 0 saturated carbocycles. The average Bonchev–Trinajstić information content (AvgIpc) is 2.86. The van der Waals surface area contributed by atoms with Crippen molar-refractivity contribution in [2.75, 3.05) is 6.61 Å². The molecule has 0 spiro atoms. The van der Waals surface area contributed by atoms with E-state index in [0.717, 1.165) is 11.1 Å². The molecule has 2 N–H and O–H groups in total. The number of esters is 1. The molecule has 1 aliphatic heterocycles. The summed E-state index contributed by atoms with van der Waals surface area (Å²) in [6, 6.07) is 22.1. The molecule has 0 saturated heterocycles. The molecule has 1 aliphatic rings. The highest BCUT2D eigenvalue weighted by molar-refractivity contribution is 5.91. The van der Waals surface area contributed by atoms with Gasteiger partial charge in [0.25, 0.3) is 0 Å². The number of allylic oxidation sites excluding steroid dienone is 1. The molecule has 3 aromatic carbocycles. The number of carbonyl (C=O) groups is 1. The molecular weight excluding hydrogens is 452 g/mol. The van der Waals surface area contributed by atoms with Crippen molar-refractivity contribution in [2.45, 2.75) is 32.1 Å². The number of nitrogens with zero attached hydrogens (tertiary/aromatic N) is 1. The van der Waals surface area contributed by atoms with Crippen molar-refractivity contribution >= 4 is 5.97 Å². The summed E-state index contributed by atoms with van der Waals surface area (Å²) in [7, 11) is 0. The van der Waals surface area contributed by atoms with Gasteiger partial charge in [-0.15, -0.1) is 0 Å². The first-order chi connectivity index (χ1) is 17.2. The predicted molar refractivity (Wildman–Crippen MR) is 138 cm³/mol. The average molecular weight is 481 g/mol. The monoisotopic (exact) mass is 480 g/mol. The summed E-state index contributed by atoms with van der Waals surface area (Å²) in [5, 5.41) is 9.82. The van der Waals surface area contributed by atoms with E-state index in [1.54, 1.807) is 48.5 Å². The number of hydrogen-bond acceptors (Lipinski definition) is 6. The van der Waals surface area contributed by atoms with Crippen molar-refractivity contribution in [2.24, 2.45) is 5.73 Å². The van der Waals surface area contributed by atoms with E-state index >= 15 is 0 Å². The highest BCUT2D eigenvalue weighted by Gasteiger charge is 2.31. The zero-order valence-corrected chi connectivity index (χ0v) is 20.6. The SMILES string of the molecule is C=CCOc1ccc(C(=O)Oc2ccc3c(c2)OC(N)=C(C#N)C3c2ccc(C(C)(C)C)cc2)cc1. The molecule has 4 rings (SSSR count). The lowest BCUT2D eigenvalue weighted by Crippen LogP contribution is -2.21. The first-order valence-electron chi connectivity index (χ1n) is 11.6. The summed E-state index contributed by atoms with van der Waals surface area (Å²) in [4.78, 5) is 12.7. The Morgan fingerprint density at radius 2 is 1.75 bits per heavy atom. The van der Waals surface area contributed by atoms with Crippen LogP contribution in [-0.4, -0.2) is 12.6 Å². The molecule has 0 radical (unpaired) electrons. The van der Waals surface area contributed by atoms with Crippen LogP contribution in [0.1, 0.15) is 53.7 Å². The summed E-state index contributed by atoms with van der Waals surface area (Å²) in [5.41, 5.74) is 9.75. The van der Waals surface area contributed by atoms with E-state index < -0.39 is 5.97 Å². The molecule has 1 heterocycles. The van der Waals surface area contributed by atoms with Crippen LogP contribution in [0.5, 0.6) is 17.2 Å². The van der Waals surface area contributed by atoms with Gasteiger partial charge in [0, 0.05) is 11.6 Å². The second-order valence-corrected chi connectivity index (χ2v) is 9.51. The Morgan fingerprint density at radius 1 is 1.08 bits per heavy atom. The van der Waals surface area contributed by atoms with Gasteiger partial charge in [0.1, 0.15) is 35.5 Å². The third kappa shape index (κ3) is 5.11. The van der Waals surface area contributed by atoms with E-state index in [1.165, 1.54) is 5.56 Å². The van der Waals surface area contributed by atoms with Gasteiger partial charge in [-0.2, -0.15) is 5.26 Å². The Labute approximate surface area is 211 Å². The molecule has 3 aromatic rings. The molecule has 1 atom stereocenters. The smallest absolute Gasteiger partial charge is 0.343 e. The molecule has 6 nitrogen and oxygen atoms in total. The lowest BCUT2D eigenvalue weighted by Gasteiger charge is -2.27. The Hall–Kier alpha value is -4.50. The molecule has 1 unspecified atom stereocenters. The minimum atomic E-state index is -0.517. The minimum Gasteiger partial charge on any atom is -0.490 e. The van der Waals surface area contributed by atoms with Crippen LogP contribution in [0.15, 0.2) is 90.8 Å². The minimum absolute atomic E-state index is 0.0107. The van der Waals surface area contributed by atoms with Gasteiger partial charge in [0.2, 0.25) is 5.88 Å². The topological polar surface area (TPSA) is 94.6 Å². The second kappa shape index (κ2) is 10.0. The zero-order valence-electron chi connectivity index (χ0n) is 20.6. The van der Waals surface area contributed by atoms with E-state index in [2.05, 4.69) is 45.6 Å². The van der Waals surface area contributed by atoms with Crippen LogP contribution in [0, 0.1) is 11.3 Å². The number of fused-ring (bicyclic) bond motifs is 1. The highest BCUT2D eigenvalue weighted by atomic mass is 16.5. The maximum atomic E-state index is 12.7. The third-order valence-electron chi connectivity index (χ3n) is 5.97. The van der Waals surface area contributed by atoms with Gasteiger partial charge in [-0.25, -0.2) is 4.79 Å². The van der Waals surface area contributed by atoms with Gasteiger partial charge in [-0.1, -0.05) is 63.8 Å². The molecule has 0 bridgehead atoms. The van der Waals surface area contributed by atoms with Crippen LogP contribution in [-0.2, 0) is 5.41 Å². The van der Waals surface area contributed by atoms with Crippen molar-refractivity contribution in [1.29, 1.82) is 5.26 Å². The van der Waals surface area contributed by atoms with Gasteiger partial charge in [0.05, 0.1) is 11.5 Å². The lowest BCUT2D eigenvalue weighted by molar-refractivity contribution is 0.0734. The van der Waals surface area contributed by atoms with Gasteiger partial charge < -0.3 is 19.9 Å². The van der Waals surface area contributed by atoms with Crippen LogP contribution in [0.4, 0.5) is 0 Å². The van der Waals surface area contributed by atoms with Gasteiger partial charge >= 0.3 is 5.97 Å². The number of carbonyl (C=O) groups excluding carboxylic acids is 1. The summed E-state index contributed by atoms with van der Waals surface area (Å²) >= 11 is 0. The summed E-state index contributed by atoms with van der Waals surface area (Å²) in [6.45, 7) is 10.4. The maximum Gasteiger partial charge on any atom is 0.343 e. The number of benzene rings is 3. The first-order valence-corrected chi connectivity index (χ1v) is 11.6. The standard InChI is InChI=1S/C30H28N2O4/c1-5-16-34-22-12-8-20(9-13-22)29(33)35-23-14-15-24-26(17-23)36-28(32)25(18-31)27(24)19-6-10-21(11-7-19)30(2,3)4/h5-15,17,27H,1,16,32H2,2-4H3. The quantitative estimate of drug-likeness (QED) is 0.265. The second-order valence-electron chi connectivity index (χ2n) is 9.51. The fourth-order valence-corrected chi connectivity index (χ4v) is 4.03. The van der Waals surface area contributed by atoms with Gasteiger partial charge in [0.15, 0.2) is 0 Å². The predicted octanol–water partition coefficient (Wildman–Crippen LogP) is 5.99. The van der Waals surface area contributed by atoms with Crippen LogP contribution in [0.2, 0.25) is 0 Å². The Bertz CT molecular complexity index is 1360. The van der Waals surface area contributed by atoms with Crippen LogP contribution in [0.25, 0.3) is 0 Å². The van der Waals surface area contributed by atoms with Gasteiger partial charge in [-0.3, -0.25) is 0 Å². The van der Waals surface area contributed by atoms with Crippen LogP contribution >= 0.6 is 0 Å². The molecule has 0 fully saturated rings. The normalized spacial score (nSPS) is 14.8. The molecule has 0 amide bonds. The van der Waals surface area contributed by atoms with E-state index in [9.17, 15) is 10.1 Å². The number of nitriles is 1. The molecule has 0 aliphatic carbocycles. The van der Waals surface area contributed by atoms with Crippen LogP contribution < -0.4 is 19.9 Å². The van der Waals surface area contributed by atoms with E-state index in [-0.39, 0.29) is 17.2 Å². The van der Waals surface area contributed by atoms with Crippen molar-refractivity contribution in [3.05, 3.63) is 113 Å². The van der Waals surface area contributed by atoms with Crippen molar-refractivity contribution in [1.82, 2.24) is 0 Å². The summed E-state index contributed by atoms with van der Waals surface area (Å²) < 4.78 is 16.8. The third-order valence-corrected chi connectivity index (χ3v) is 5.97. The van der Waals surface area contributed by atoms with E-state index in [4.69, 9.17) is 19.9 Å². The molecule has 182 valence electrons. The molecule has 6 heteroatoms. The van der Waals surface area contributed by atoms with Crippen molar-refractivity contribution in [3.8, 4) is 23.3 Å². The van der Waals surface area contributed by atoms with Crippen molar-refractivity contribution in [3.63, 3.8) is 0 Å². The Balaban J connectivity index is 1.60. The number of hydrogen-bond donors (Lipinski definition) is 1. The molecule has 36 heavy (non-hydrogen) atoms. The molecular formula is C30H28N2O4. The Morgan fingerprint density at radius 3 is 2.36 bits per heavy atom. The summed E-state index contributed by atoms with van der Waals surface area (Å²) in [6.07, 6.45) is 1.65. The molecule has 0 aromatic heterocycles. The summed E-state index contributed by atoms with van der Waals surface area (Å²) in [5.74, 6) is 0.507. The number of ether oxygens (including phenoxy) is 3.